The molecule has 1 rings (SSSR count). The van der Waals surface area contributed by atoms with E-state index in [2.05, 4.69) is 52.9 Å². The number of unbranched alkanes of at least 4 members (excludes halogenated alkanes) is 1. The van der Waals surface area contributed by atoms with Gasteiger partial charge in [-0.1, -0.05) is 35.3 Å². The normalized spacial score (nSPS) is 10.6. The van der Waals surface area contributed by atoms with E-state index in [-0.39, 0.29) is 0 Å². The Bertz CT molecular complexity index is 339. The van der Waals surface area contributed by atoms with Crippen LogP contribution in [0.4, 0.5) is 5.69 Å². The summed E-state index contributed by atoms with van der Waals surface area (Å²) < 4.78 is 1.14. The van der Waals surface area contributed by atoms with Gasteiger partial charge in [-0.15, -0.1) is 0 Å². The van der Waals surface area contributed by atoms with Gasteiger partial charge in [-0.2, -0.15) is 0 Å². The Kier molecular flexibility index (Phi) is 6.60. The van der Waals surface area contributed by atoms with E-state index < -0.39 is 0 Å². The Labute approximate surface area is 113 Å². The lowest BCUT2D eigenvalue weighted by molar-refractivity contribution is 0.728. The summed E-state index contributed by atoms with van der Waals surface area (Å²) in [7, 11) is 0. The van der Waals surface area contributed by atoms with Crippen LogP contribution >= 0.6 is 15.9 Å². The van der Waals surface area contributed by atoms with Gasteiger partial charge in [-0.3, -0.25) is 0 Å². The van der Waals surface area contributed by atoms with Gasteiger partial charge in [0.05, 0.1) is 0 Å². The van der Waals surface area contributed by atoms with Gasteiger partial charge >= 0.3 is 0 Å². The molecule has 0 aliphatic carbocycles. The van der Waals surface area contributed by atoms with Crippen molar-refractivity contribution in [3.63, 3.8) is 0 Å². The maximum atomic E-state index is 5.68. The first-order valence-corrected chi connectivity index (χ1v) is 7.25. The maximum absolute atomic E-state index is 5.68. The van der Waals surface area contributed by atoms with Gasteiger partial charge in [0.25, 0.3) is 0 Å². The Balaban J connectivity index is 2.93. The van der Waals surface area contributed by atoms with Crippen molar-refractivity contribution in [2.75, 3.05) is 24.5 Å². The summed E-state index contributed by atoms with van der Waals surface area (Å²) in [5.41, 5.74) is 8.37. The molecule has 0 unspecified atom stereocenters. The smallest absolute Gasteiger partial charge is 0.0410 e. The molecule has 0 radical (unpaired) electrons. The number of hydrogen-bond donors (Lipinski definition) is 1. The van der Waals surface area contributed by atoms with Crippen LogP contribution in [0.3, 0.4) is 0 Å². The fourth-order valence-electron chi connectivity index (χ4n) is 2.00. The van der Waals surface area contributed by atoms with Gasteiger partial charge in [0.2, 0.25) is 0 Å². The summed E-state index contributed by atoms with van der Waals surface area (Å²) in [6.45, 7) is 7.33. The van der Waals surface area contributed by atoms with Crippen molar-refractivity contribution in [2.45, 2.75) is 33.1 Å². The molecule has 2 nitrogen and oxygen atoms in total. The van der Waals surface area contributed by atoms with Gasteiger partial charge < -0.3 is 10.6 Å². The highest BCUT2D eigenvalue weighted by Crippen LogP contribution is 2.25. The molecule has 0 aliphatic heterocycles. The molecule has 0 heterocycles. The molecule has 1 aromatic rings. The maximum Gasteiger partial charge on any atom is 0.0410 e. The third kappa shape index (κ3) is 4.32. The highest BCUT2D eigenvalue weighted by Gasteiger charge is 2.09. The lowest BCUT2D eigenvalue weighted by Crippen LogP contribution is -2.25. The predicted molar refractivity (Wildman–Crippen MR) is 79.7 cm³/mol. The molecule has 96 valence electrons. The van der Waals surface area contributed by atoms with Crippen molar-refractivity contribution in [1.82, 2.24) is 0 Å². The second kappa shape index (κ2) is 7.72. The lowest BCUT2D eigenvalue weighted by atomic mass is 10.1. The van der Waals surface area contributed by atoms with E-state index in [1.54, 1.807) is 0 Å². The summed E-state index contributed by atoms with van der Waals surface area (Å²) in [6.07, 6.45) is 3.42. The average molecular weight is 299 g/mol. The summed E-state index contributed by atoms with van der Waals surface area (Å²) >= 11 is 3.56. The predicted octanol–water partition coefficient (Wildman–Crippen LogP) is 3.58. The molecule has 0 amide bonds. The molecular weight excluding hydrogens is 276 g/mol. The van der Waals surface area contributed by atoms with E-state index in [9.17, 15) is 0 Å². The van der Waals surface area contributed by atoms with Crippen LogP contribution in [-0.4, -0.2) is 19.6 Å². The zero-order valence-electron chi connectivity index (χ0n) is 10.9. The van der Waals surface area contributed by atoms with Crippen LogP contribution in [0, 0.1) is 0 Å². The minimum atomic E-state index is 0.708. The van der Waals surface area contributed by atoms with Gasteiger partial charge in [0.15, 0.2) is 0 Å². The van der Waals surface area contributed by atoms with Crippen LogP contribution in [-0.2, 0) is 6.42 Å². The molecule has 0 saturated carbocycles. The van der Waals surface area contributed by atoms with Crippen LogP contribution in [0.2, 0.25) is 0 Å². The molecule has 1 aromatic carbocycles. The number of halogens is 1. The molecule has 0 fully saturated rings. The Morgan fingerprint density at radius 1 is 1.29 bits per heavy atom. The summed E-state index contributed by atoms with van der Waals surface area (Å²) in [5, 5.41) is 0. The number of rotatable bonds is 7. The highest BCUT2D eigenvalue weighted by atomic mass is 79.9. The zero-order chi connectivity index (χ0) is 12.7. The SMILES string of the molecule is CCCCN(CC)c1cc(Br)ccc1CCN. The quantitative estimate of drug-likeness (QED) is 0.834. The average Bonchev–Trinajstić information content (AvgIpc) is 2.33. The summed E-state index contributed by atoms with van der Waals surface area (Å²) in [4.78, 5) is 2.44. The van der Waals surface area contributed by atoms with E-state index >= 15 is 0 Å². The van der Waals surface area contributed by atoms with Crippen molar-refractivity contribution in [3.8, 4) is 0 Å². The molecule has 0 aromatic heterocycles. The van der Waals surface area contributed by atoms with Crippen molar-refractivity contribution in [2.24, 2.45) is 5.73 Å². The minimum Gasteiger partial charge on any atom is -0.372 e. The Morgan fingerprint density at radius 3 is 2.65 bits per heavy atom. The largest absolute Gasteiger partial charge is 0.372 e. The topological polar surface area (TPSA) is 29.3 Å². The Hall–Kier alpha value is -0.540. The molecule has 17 heavy (non-hydrogen) atoms. The van der Waals surface area contributed by atoms with Crippen LogP contribution < -0.4 is 10.6 Å². The molecular formula is C14H23BrN2. The van der Waals surface area contributed by atoms with E-state index in [0.29, 0.717) is 6.54 Å². The van der Waals surface area contributed by atoms with E-state index in [4.69, 9.17) is 5.73 Å². The summed E-state index contributed by atoms with van der Waals surface area (Å²) in [6, 6.07) is 6.49. The minimum absolute atomic E-state index is 0.708. The van der Waals surface area contributed by atoms with Crippen molar-refractivity contribution < 1.29 is 0 Å². The third-order valence-electron chi connectivity index (χ3n) is 2.97. The first-order chi connectivity index (χ1) is 8.22. The second-order valence-corrected chi connectivity index (χ2v) is 5.16. The molecule has 2 N–H and O–H groups in total. The third-order valence-corrected chi connectivity index (χ3v) is 3.46. The van der Waals surface area contributed by atoms with Crippen LogP contribution in [0.25, 0.3) is 0 Å². The standard InChI is InChI=1S/C14H23BrN2/c1-3-5-10-17(4-2)14-11-13(15)7-6-12(14)8-9-16/h6-7,11H,3-5,8-10,16H2,1-2H3. The molecule has 0 spiro atoms. The fraction of sp³-hybridized carbons (Fsp3) is 0.571. The molecule has 0 bridgehead atoms. The van der Waals surface area contributed by atoms with Crippen LogP contribution in [0.15, 0.2) is 22.7 Å². The molecule has 3 heteroatoms. The molecule has 0 atom stereocenters. The molecule has 0 aliphatic rings. The number of benzene rings is 1. The second-order valence-electron chi connectivity index (χ2n) is 4.24. The van der Waals surface area contributed by atoms with E-state index in [1.807, 2.05) is 0 Å². The van der Waals surface area contributed by atoms with Crippen molar-refractivity contribution in [3.05, 3.63) is 28.2 Å². The van der Waals surface area contributed by atoms with Crippen LogP contribution in [0.5, 0.6) is 0 Å². The van der Waals surface area contributed by atoms with Gasteiger partial charge in [-0.05, 0) is 44.0 Å². The van der Waals surface area contributed by atoms with Crippen LogP contribution in [0.1, 0.15) is 32.3 Å². The number of hydrogen-bond acceptors (Lipinski definition) is 2. The zero-order valence-corrected chi connectivity index (χ0v) is 12.5. The first-order valence-electron chi connectivity index (χ1n) is 6.46. The Morgan fingerprint density at radius 2 is 2.06 bits per heavy atom. The molecule has 0 saturated heterocycles. The number of anilines is 1. The van der Waals surface area contributed by atoms with E-state index in [0.717, 1.165) is 24.0 Å². The monoisotopic (exact) mass is 298 g/mol. The van der Waals surface area contributed by atoms with Gasteiger partial charge in [0, 0.05) is 23.2 Å². The van der Waals surface area contributed by atoms with Crippen molar-refractivity contribution in [1.29, 1.82) is 0 Å². The highest BCUT2D eigenvalue weighted by molar-refractivity contribution is 9.10. The fourth-order valence-corrected chi connectivity index (χ4v) is 2.35. The summed E-state index contributed by atoms with van der Waals surface area (Å²) in [5.74, 6) is 0. The lowest BCUT2D eigenvalue weighted by Gasteiger charge is -2.26. The number of nitrogens with zero attached hydrogens (tertiary/aromatic N) is 1. The first kappa shape index (κ1) is 14.5. The van der Waals surface area contributed by atoms with E-state index in [1.165, 1.54) is 24.1 Å². The van der Waals surface area contributed by atoms with Crippen molar-refractivity contribution >= 4 is 21.6 Å². The number of nitrogens with two attached hydrogens (primary N) is 1. The van der Waals surface area contributed by atoms with Gasteiger partial charge in [0.1, 0.15) is 0 Å². The van der Waals surface area contributed by atoms with Gasteiger partial charge in [-0.25, -0.2) is 0 Å².